The number of aryl methyl sites for hydroxylation is 2. The van der Waals surface area contributed by atoms with E-state index in [1.165, 1.54) is 5.56 Å². The minimum atomic E-state index is 0.0146. The average molecular weight is 366 g/mol. The molecule has 0 aliphatic rings. The summed E-state index contributed by atoms with van der Waals surface area (Å²) in [5, 5.41) is 5.97. The number of nitrogens with one attached hydrogen (secondary N) is 1. The Morgan fingerprint density at radius 3 is 2.69 bits per heavy atom. The first-order chi connectivity index (χ1) is 12.7. The van der Waals surface area contributed by atoms with E-state index in [0.717, 1.165) is 27.6 Å². The number of carbonyl (C=O) groups is 1. The molecule has 0 saturated carbocycles. The molecule has 0 unspecified atom stereocenters. The molecular weight excluding hydrogens is 344 g/mol. The highest BCUT2D eigenvalue weighted by atomic mass is 32.1. The maximum absolute atomic E-state index is 12.1. The molecule has 1 aromatic heterocycles. The van der Waals surface area contributed by atoms with Crippen LogP contribution in [0.5, 0.6) is 5.75 Å². The van der Waals surface area contributed by atoms with Crippen molar-refractivity contribution in [2.24, 2.45) is 0 Å². The predicted molar refractivity (Wildman–Crippen MR) is 105 cm³/mol. The summed E-state index contributed by atoms with van der Waals surface area (Å²) in [4.78, 5) is 16.8. The Kier molecular flexibility index (Phi) is 6.02. The molecule has 1 amide bonds. The van der Waals surface area contributed by atoms with Crippen LogP contribution in [0.3, 0.4) is 0 Å². The molecule has 3 rings (SSSR count). The average Bonchev–Trinajstić information content (AvgIpc) is 3.14. The lowest BCUT2D eigenvalue weighted by Crippen LogP contribution is -2.23. The van der Waals surface area contributed by atoms with E-state index in [1.807, 2.05) is 29.6 Å². The summed E-state index contributed by atoms with van der Waals surface area (Å²) < 4.78 is 5.30. The smallest absolute Gasteiger partial charge is 0.220 e. The second-order valence-electron chi connectivity index (χ2n) is 6.10. The van der Waals surface area contributed by atoms with Gasteiger partial charge < -0.3 is 10.1 Å². The number of methoxy groups -OCH3 is 1. The van der Waals surface area contributed by atoms with E-state index < -0.39 is 0 Å². The number of rotatable bonds is 7. The first kappa shape index (κ1) is 18.1. The molecule has 0 spiro atoms. The molecule has 4 nitrogen and oxygen atoms in total. The van der Waals surface area contributed by atoms with Crippen LogP contribution in [0.25, 0.3) is 10.6 Å². The Hall–Kier alpha value is -2.66. The third kappa shape index (κ3) is 4.70. The highest BCUT2D eigenvalue weighted by Gasteiger charge is 2.08. The maximum Gasteiger partial charge on any atom is 0.220 e. The molecule has 3 aromatic rings. The van der Waals surface area contributed by atoms with E-state index in [1.54, 1.807) is 18.4 Å². The Balaban J connectivity index is 1.51. The fourth-order valence-electron chi connectivity index (χ4n) is 2.62. The Morgan fingerprint density at radius 1 is 1.15 bits per heavy atom. The maximum atomic E-state index is 12.1. The zero-order valence-electron chi connectivity index (χ0n) is 15.0. The van der Waals surface area contributed by atoms with Crippen LogP contribution in [0.1, 0.15) is 23.2 Å². The first-order valence-electron chi connectivity index (χ1n) is 8.56. The summed E-state index contributed by atoms with van der Waals surface area (Å²) in [5.74, 6) is 0.802. The zero-order valence-corrected chi connectivity index (χ0v) is 15.8. The van der Waals surface area contributed by atoms with Gasteiger partial charge >= 0.3 is 0 Å². The molecule has 0 radical (unpaired) electrons. The number of para-hydroxylation sites is 1. The van der Waals surface area contributed by atoms with E-state index in [4.69, 9.17) is 4.74 Å². The lowest BCUT2D eigenvalue weighted by atomic mass is 10.1. The minimum absolute atomic E-state index is 0.0146. The summed E-state index contributed by atoms with van der Waals surface area (Å²) in [6.07, 6.45) is 1.06. The number of hydrogen-bond acceptors (Lipinski definition) is 4. The fraction of sp³-hybridized carbons (Fsp3) is 0.238. The van der Waals surface area contributed by atoms with Gasteiger partial charge in [0.2, 0.25) is 5.91 Å². The van der Waals surface area contributed by atoms with Gasteiger partial charge in [0.25, 0.3) is 0 Å². The molecule has 1 heterocycles. The second kappa shape index (κ2) is 8.63. The normalized spacial score (nSPS) is 10.5. The van der Waals surface area contributed by atoms with E-state index in [9.17, 15) is 4.79 Å². The van der Waals surface area contributed by atoms with Crippen molar-refractivity contribution in [1.29, 1.82) is 0 Å². The van der Waals surface area contributed by atoms with Crippen LogP contribution in [-0.2, 0) is 17.8 Å². The molecule has 0 saturated heterocycles. The summed E-state index contributed by atoms with van der Waals surface area (Å²) in [5.41, 5.74) is 4.28. The van der Waals surface area contributed by atoms with E-state index in [-0.39, 0.29) is 5.91 Å². The third-order valence-corrected chi connectivity index (χ3v) is 5.07. The van der Waals surface area contributed by atoms with Crippen LogP contribution in [0.15, 0.2) is 53.9 Å². The Labute approximate surface area is 157 Å². The molecule has 0 atom stereocenters. The van der Waals surface area contributed by atoms with Gasteiger partial charge in [0, 0.05) is 29.5 Å². The van der Waals surface area contributed by atoms with Gasteiger partial charge in [-0.2, -0.15) is 0 Å². The Morgan fingerprint density at radius 2 is 1.92 bits per heavy atom. The third-order valence-electron chi connectivity index (χ3n) is 4.13. The van der Waals surface area contributed by atoms with Crippen LogP contribution >= 0.6 is 11.3 Å². The van der Waals surface area contributed by atoms with Crippen molar-refractivity contribution in [3.05, 3.63) is 70.7 Å². The first-order valence-corrected chi connectivity index (χ1v) is 9.43. The van der Waals surface area contributed by atoms with Crippen LogP contribution in [0.2, 0.25) is 0 Å². The van der Waals surface area contributed by atoms with Crippen molar-refractivity contribution in [1.82, 2.24) is 10.3 Å². The van der Waals surface area contributed by atoms with Gasteiger partial charge in [-0.15, -0.1) is 11.3 Å². The van der Waals surface area contributed by atoms with Gasteiger partial charge in [0.05, 0.1) is 12.8 Å². The molecular formula is C21H22N2O2S. The molecule has 0 aliphatic heterocycles. The molecule has 134 valence electrons. The second-order valence-corrected chi connectivity index (χ2v) is 6.96. The van der Waals surface area contributed by atoms with Crippen LogP contribution in [-0.4, -0.2) is 18.0 Å². The monoisotopic (exact) mass is 366 g/mol. The van der Waals surface area contributed by atoms with E-state index >= 15 is 0 Å². The zero-order chi connectivity index (χ0) is 18.4. The van der Waals surface area contributed by atoms with E-state index in [2.05, 4.69) is 41.5 Å². The number of amides is 1. The van der Waals surface area contributed by atoms with Crippen molar-refractivity contribution in [2.45, 2.75) is 26.3 Å². The minimum Gasteiger partial charge on any atom is -0.496 e. The van der Waals surface area contributed by atoms with E-state index in [0.29, 0.717) is 19.4 Å². The van der Waals surface area contributed by atoms with Gasteiger partial charge in [-0.3, -0.25) is 4.79 Å². The molecule has 2 aromatic carbocycles. The van der Waals surface area contributed by atoms with Crippen molar-refractivity contribution >= 4 is 17.2 Å². The highest BCUT2D eigenvalue weighted by Crippen LogP contribution is 2.24. The molecule has 0 aliphatic carbocycles. The number of hydrogen-bond donors (Lipinski definition) is 1. The lowest BCUT2D eigenvalue weighted by Gasteiger charge is -2.09. The number of carbonyl (C=O) groups excluding carboxylic acids is 1. The highest BCUT2D eigenvalue weighted by molar-refractivity contribution is 7.13. The molecule has 1 N–H and O–H groups in total. The number of ether oxygens (including phenoxy) is 1. The summed E-state index contributed by atoms with van der Waals surface area (Å²) >= 11 is 1.62. The predicted octanol–water partition coefficient (Wildman–Crippen LogP) is 4.38. The van der Waals surface area contributed by atoms with Gasteiger partial charge in [0.15, 0.2) is 0 Å². The Bertz CT molecular complexity index is 872. The molecule has 0 bridgehead atoms. The number of thiazole rings is 1. The summed E-state index contributed by atoms with van der Waals surface area (Å²) in [7, 11) is 1.63. The topological polar surface area (TPSA) is 51.2 Å². The van der Waals surface area contributed by atoms with Crippen molar-refractivity contribution < 1.29 is 9.53 Å². The lowest BCUT2D eigenvalue weighted by molar-refractivity contribution is -0.121. The van der Waals surface area contributed by atoms with Crippen molar-refractivity contribution in [2.75, 3.05) is 7.11 Å². The summed E-state index contributed by atoms with van der Waals surface area (Å²) in [6, 6.07) is 16.0. The van der Waals surface area contributed by atoms with Gasteiger partial charge in [-0.25, -0.2) is 4.98 Å². The molecule has 26 heavy (non-hydrogen) atoms. The van der Waals surface area contributed by atoms with Gasteiger partial charge in [-0.05, 0) is 19.4 Å². The molecule has 5 heteroatoms. The van der Waals surface area contributed by atoms with Crippen LogP contribution in [0.4, 0.5) is 0 Å². The standard InChI is InChI=1S/C21H22N2O2S/c1-15-7-9-16(10-8-15)21-23-18(14-26-21)11-12-20(24)22-13-17-5-3-4-6-19(17)25-2/h3-10,14H,11-13H2,1-2H3,(H,22,24). The molecule has 0 fully saturated rings. The fourth-order valence-corrected chi connectivity index (χ4v) is 3.48. The number of benzene rings is 2. The number of aromatic nitrogens is 1. The summed E-state index contributed by atoms with van der Waals surface area (Å²) in [6.45, 7) is 2.54. The van der Waals surface area contributed by atoms with Gasteiger partial charge in [-0.1, -0.05) is 48.0 Å². The van der Waals surface area contributed by atoms with Crippen molar-refractivity contribution in [3.63, 3.8) is 0 Å². The van der Waals surface area contributed by atoms with Crippen LogP contribution < -0.4 is 10.1 Å². The quantitative estimate of drug-likeness (QED) is 0.675. The number of nitrogens with zero attached hydrogens (tertiary/aromatic N) is 1. The SMILES string of the molecule is COc1ccccc1CNC(=O)CCc1csc(-c2ccc(C)cc2)n1. The largest absolute Gasteiger partial charge is 0.496 e. The van der Waals surface area contributed by atoms with Crippen LogP contribution in [0, 0.1) is 6.92 Å². The van der Waals surface area contributed by atoms with Crippen molar-refractivity contribution in [3.8, 4) is 16.3 Å². The van der Waals surface area contributed by atoms with Gasteiger partial charge in [0.1, 0.15) is 10.8 Å².